The SMILES string of the molecule is CNC(=O)c1cnc(OC)c(NCC#Cc2nc3c(N[C@@H]4CCNC[C@@H]4F)cccn3c2SC(F)(F)F)c1. The number of imidazole rings is 1. The molecule has 0 aliphatic carbocycles. The Kier molecular flexibility index (Phi) is 8.48. The summed E-state index contributed by atoms with van der Waals surface area (Å²) in [5, 5.41) is 11.3. The molecule has 4 heterocycles. The number of carbonyl (C=O) groups excluding carboxylic acids is 1. The first-order valence-corrected chi connectivity index (χ1v) is 12.4. The summed E-state index contributed by atoms with van der Waals surface area (Å²) in [6.07, 6.45) is 2.18. The van der Waals surface area contributed by atoms with Gasteiger partial charge in [0.25, 0.3) is 5.91 Å². The van der Waals surface area contributed by atoms with Crippen molar-refractivity contribution in [3.8, 4) is 17.7 Å². The molecule has 0 unspecified atom stereocenters. The van der Waals surface area contributed by atoms with Crippen molar-refractivity contribution >= 4 is 34.7 Å². The molecular weight excluding hydrogens is 526 g/mol. The van der Waals surface area contributed by atoms with Crippen LogP contribution in [0.4, 0.5) is 28.9 Å². The molecule has 1 aliphatic heterocycles. The number of carbonyl (C=O) groups is 1. The second-order valence-electron chi connectivity index (χ2n) is 8.20. The Morgan fingerprint density at radius 2 is 2.18 bits per heavy atom. The summed E-state index contributed by atoms with van der Waals surface area (Å²) in [5.41, 5.74) is -3.35. The van der Waals surface area contributed by atoms with Gasteiger partial charge >= 0.3 is 5.51 Å². The molecule has 0 radical (unpaired) electrons. The monoisotopic (exact) mass is 551 g/mol. The van der Waals surface area contributed by atoms with Gasteiger partial charge in [0, 0.05) is 37.7 Å². The first-order chi connectivity index (χ1) is 18.2. The lowest BCUT2D eigenvalue weighted by Crippen LogP contribution is -2.45. The number of aromatic nitrogens is 3. The standard InChI is InChI=1S/C24H25F4N7O2S/c1-29-21(36)14-11-19(22(37-2)32-12-14)31-8-3-5-18-23(38-24(26,27)28)35-10-4-6-17(20(35)34-18)33-16-7-9-30-13-15(16)25/h4,6,10-12,15-16,30-31,33H,7-9,13H2,1-2H3,(H,29,36)/t15-,16+/m0/s1. The van der Waals surface area contributed by atoms with Crippen molar-refractivity contribution in [2.45, 2.75) is 29.2 Å². The number of hydrogen-bond acceptors (Lipinski definition) is 8. The lowest BCUT2D eigenvalue weighted by atomic mass is 10.0. The maximum atomic E-state index is 14.4. The highest BCUT2D eigenvalue weighted by atomic mass is 32.2. The van der Waals surface area contributed by atoms with Gasteiger partial charge in [-0.25, -0.2) is 14.4 Å². The highest BCUT2D eigenvalue weighted by Crippen LogP contribution is 2.39. The molecule has 14 heteroatoms. The number of nitrogens with zero attached hydrogens (tertiary/aromatic N) is 3. The highest BCUT2D eigenvalue weighted by Gasteiger charge is 2.33. The average molecular weight is 552 g/mol. The maximum Gasteiger partial charge on any atom is 0.447 e. The van der Waals surface area contributed by atoms with Crippen LogP contribution in [0.5, 0.6) is 5.88 Å². The van der Waals surface area contributed by atoms with Crippen LogP contribution < -0.4 is 26.0 Å². The molecule has 0 saturated carbocycles. The third-order valence-electron chi connectivity index (χ3n) is 5.68. The predicted molar refractivity (Wildman–Crippen MR) is 136 cm³/mol. The molecule has 4 rings (SSSR count). The molecule has 1 saturated heterocycles. The van der Waals surface area contributed by atoms with Gasteiger partial charge in [-0.2, -0.15) is 13.2 Å². The van der Waals surface area contributed by atoms with E-state index in [1.165, 1.54) is 37.0 Å². The molecule has 0 aromatic carbocycles. The summed E-state index contributed by atoms with van der Waals surface area (Å²) >= 11 is -0.322. The number of thioether (sulfide) groups is 1. The topological polar surface area (TPSA) is 105 Å². The van der Waals surface area contributed by atoms with Gasteiger partial charge in [0.05, 0.1) is 36.6 Å². The molecule has 0 spiro atoms. The average Bonchev–Trinajstić information content (AvgIpc) is 3.24. The van der Waals surface area contributed by atoms with E-state index in [1.807, 2.05) is 0 Å². The van der Waals surface area contributed by atoms with Crippen molar-refractivity contribution in [3.05, 3.63) is 41.9 Å². The Hall–Kier alpha value is -3.70. The zero-order chi connectivity index (χ0) is 27.3. The third kappa shape index (κ3) is 6.40. The summed E-state index contributed by atoms with van der Waals surface area (Å²) in [4.78, 5) is 20.3. The summed E-state index contributed by atoms with van der Waals surface area (Å²) in [5.74, 6) is 5.35. The molecule has 3 aromatic rings. The number of hydrogen-bond donors (Lipinski definition) is 4. The van der Waals surface area contributed by atoms with Gasteiger partial charge in [0.1, 0.15) is 16.9 Å². The van der Waals surface area contributed by atoms with E-state index in [2.05, 4.69) is 43.1 Å². The number of nitrogens with one attached hydrogen (secondary N) is 4. The van der Waals surface area contributed by atoms with Crippen LogP contribution in [0.3, 0.4) is 0 Å². The number of alkyl halides is 4. The largest absolute Gasteiger partial charge is 0.480 e. The fraction of sp³-hybridized carbons (Fsp3) is 0.375. The molecular formula is C24H25F4N7O2S. The Morgan fingerprint density at radius 3 is 2.89 bits per heavy atom. The van der Waals surface area contributed by atoms with Crippen molar-refractivity contribution in [1.82, 2.24) is 25.0 Å². The van der Waals surface area contributed by atoms with Crippen LogP contribution in [-0.2, 0) is 0 Å². The maximum absolute atomic E-state index is 14.4. The number of pyridine rings is 2. The smallest absolute Gasteiger partial charge is 0.447 e. The lowest BCUT2D eigenvalue weighted by Gasteiger charge is -2.28. The number of piperidine rings is 1. The van der Waals surface area contributed by atoms with E-state index in [9.17, 15) is 22.4 Å². The molecule has 202 valence electrons. The molecule has 9 nitrogen and oxygen atoms in total. The molecule has 0 bridgehead atoms. The van der Waals surface area contributed by atoms with E-state index in [1.54, 1.807) is 12.1 Å². The van der Waals surface area contributed by atoms with Crippen molar-refractivity contribution in [1.29, 1.82) is 0 Å². The van der Waals surface area contributed by atoms with Crippen LogP contribution in [0.1, 0.15) is 22.5 Å². The minimum absolute atomic E-state index is 0.00292. The Bertz CT molecular complexity index is 1370. The molecule has 1 aliphatic rings. The summed E-state index contributed by atoms with van der Waals surface area (Å²) in [6.45, 7) is 0.824. The molecule has 1 fully saturated rings. The van der Waals surface area contributed by atoms with Crippen molar-refractivity contribution in [3.63, 3.8) is 0 Å². The van der Waals surface area contributed by atoms with E-state index < -0.39 is 17.7 Å². The van der Waals surface area contributed by atoms with Crippen LogP contribution in [0.2, 0.25) is 0 Å². The first kappa shape index (κ1) is 27.3. The number of halogens is 4. The van der Waals surface area contributed by atoms with Gasteiger partial charge in [-0.15, -0.1) is 0 Å². The van der Waals surface area contributed by atoms with Crippen LogP contribution in [-0.4, -0.2) is 71.8 Å². The normalized spacial score (nSPS) is 17.4. The Balaban J connectivity index is 1.62. The van der Waals surface area contributed by atoms with Crippen molar-refractivity contribution in [2.24, 2.45) is 0 Å². The second kappa shape index (κ2) is 11.8. The van der Waals surface area contributed by atoms with Crippen LogP contribution >= 0.6 is 11.8 Å². The third-order valence-corrected chi connectivity index (χ3v) is 6.49. The summed E-state index contributed by atoms with van der Waals surface area (Å²) in [6, 6.07) is 4.25. The zero-order valence-electron chi connectivity index (χ0n) is 20.4. The summed E-state index contributed by atoms with van der Waals surface area (Å²) in [7, 11) is 2.90. The Labute approximate surface area is 220 Å². The number of ether oxygens (including phenoxy) is 1. The molecule has 1 amide bonds. The predicted octanol–water partition coefficient (Wildman–Crippen LogP) is 3.28. The minimum Gasteiger partial charge on any atom is -0.480 e. The molecule has 38 heavy (non-hydrogen) atoms. The number of methoxy groups -OCH3 is 1. The van der Waals surface area contributed by atoms with Gasteiger partial charge in [0.2, 0.25) is 5.88 Å². The van der Waals surface area contributed by atoms with Crippen LogP contribution in [0, 0.1) is 11.8 Å². The molecule has 3 aromatic heterocycles. The number of amides is 1. The lowest BCUT2D eigenvalue weighted by molar-refractivity contribution is -0.0330. The van der Waals surface area contributed by atoms with E-state index >= 15 is 0 Å². The Morgan fingerprint density at radius 1 is 1.37 bits per heavy atom. The number of anilines is 2. The van der Waals surface area contributed by atoms with E-state index in [0.717, 1.165) is 0 Å². The van der Waals surface area contributed by atoms with Gasteiger partial charge in [-0.05, 0) is 37.1 Å². The van der Waals surface area contributed by atoms with Crippen molar-refractivity contribution < 1.29 is 27.1 Å². The fourth-order valence-corrected chi connectivity index (χ4v) is 4.57. The second-order valence-corrected chi connectivity index (χ2v) is 9.26. The number of rotatable bonds is 7. The van der Waals surface area contributed by atoms with Gasteiger partial charge in [-0.3, -0.25) is 9.20 Å². The number of fused-ring (bicyclic) bond motifs is 1. The first-order valence-electron chi connectivity index (χ1n) is 11.6. The van der Waals surface area contributed by atoms with Crippen LogP contribution in [0.15, 0.2) is 35.6 Å². The van der Waals surface area contributed by atoms with Gasteiger partial charge < -0.3 is 26.0 Å². The molecule has 4 N–H and O–H groups in total. The minimum atomic E-state index is -4.58. The van der Waals surface area contributed by atoms with Crippen molar-refractivity contribution in [2.75, 3.05) is 44.4 Å². The molecule has 2 atom stereocenters. The fourth-order valence-electron chi connectivity index (χ4n) is 3.91. The van der Waals surface area contributed by atoms with E-state index in [-0.39, 0.29) is 58.6 Å². The van der Waals surface area contributed by atoms with Crippen LogP contribution in [0.25, 0.3) is 5.65 Å². The zero-order valence-corrected chi connectivity index (χ0v) is 21.3. The highest BCUT2D eigenvalue weighted by molar-refractivity contribution is 8.00. The van der Waals surface area contributed by atoms with Gasteiger partial charge in [0.15, 0.2) is 5.65 Å². The van der Waals surface area contributed by atoms with E-state index in [4.69, 9.17) is 4.74 Å². The quantitative estimate of drug-likeness (QED) is 0.202. The van der Waals surface area contributed by atoms with Gasteiger partial charge in [-0.1, -0.05) is 5.92 Å². The van der Waals surface area contributed by atoms with E-state index in [0.29, 0.717) is 24.3 Å². The summed E-state index contributed by atoms with van der Waals surface area (Å²) < 4.78 is 61.1.